The highest BCUT2D eigenvalue weighted by Crippen LogP contribution is 2.34. The van der Waals surface area contributed by atoms with Crippen LogP contribution in [-0.4, -0.2) is 15.0 Å². The normalized spacial score (nSPS) is 17.8. The van der Waals surface area contributed by atoms with E-state index >= 15 is 0 Å². The molecule has 2 aromatic carbocycles. The van der Waals surface area contributed by atoms with Crippen LogP contribution in [-0.2, 0) is 10.0 Å². The predicted octanol–water partition coefficient (Wildman–Crippen LogP) is 3.41. The van der Waals surface area contributed by atoms with Crippen LogP contribution in [0.15, 0.2) is 53.4 Å². The Labute approximate surface area is 143 Å². The topological polar surface area (TPSA) is 63.4 Å². The van der Waals surface area contributed by atoms with Crippen LogP contribution in [0.5, 0.6) is 0 Å². The van der Waals surface area contributed by atoms with Crippen molar-refractivity contribution < 1.29 is 8.42 Å². The fourth-order valence-electron chi connectivity index (χ4n) is 2.85. The van der Waals surface area contributed by atoms with Gasteiger partial charge < -0.3 is 5.73 Å². The summed E-state index contributed by atoms with van der Waals surface area (Å²) in [5.74, 6) is 0. The van der Waals surface area contributed by atoms with E-state index < -0.39 is 10.0 Å². The van der Waals surface area contributed by atoms with Gasteiger partial charge in [0.2, 0.25) is 0 Å². The summed E-state index contributed by atoms with van der Waals surface area (Å²) in [6, 6.07) is 14.4. The number of hydrogen-bond donors (Lipinski definition) is 1. The average molecular weight is 353 g/mol. The molecule has 0 saturated carbocycles. The van der Waals surface area contributed by atoms with Crippen molar-refractivity contribution in [3.05, 3.63) is 59.7 Å². The van der Waals surface area contributed by atoms with Gasteiger partial charge in [-0.2, -0.15) is 0 Å². The lowest BCUT2D eigenvalue weighted by Gasteiger charge is -2.25. The maximum atomic E-state index is 13.0. The third-order valence-electron chi connectivity index (χ3n) is 4.09. The lowest BCUT2D eigenvalue weighted by Crippen LogP contribution is -2.31. The summed E-state index contributed by atoms with van der Waals surface area (Å²) < 4.78 is 27.5. The molecule has 1 aliphatic rings. The molecule has 0 saturated heterocycles. The van der Waals surface area contributed by atoms with E-state index in [1.165, 1.54) is 4.31 Å². The molecule has 4 nitrogen and oxygen atoms in total. The number of hydrogen-bond acceptors (Lipinski definition) is 3. The van der Waals surface area contributed by atoms with Gasteiger partial charge >= 0.3 is 0 Å². The Morgan fingerprint density at radius 1 is 1.09 bits per heavy atom. The smallest absolute Gasteiger partial charge is 0.264 e. The number of benzene rings is 2. The monoisotopic (exact) mass is 352 g/mol. The quantitative estimate of drug-likeness (QED) is 0.900. The first-order chi connectivity index (χ1) is 10.5. The van der Waals surface area contributed by atoms with Crippen molar-refractivity contribution in [3.63, 3.8) is 0 Å². The van der Waals surface area contributed by atoms with Crippen LogP contribution in [0.25, 0.3) is 0 Å². The van der Waals surface area contributed by atoms with Crippen molar-refractivity contribution in [2.75, 3.05) is 10.8 Å². The minimum atomic E-state index is -3.56. The van der Waals surface area contributed by atoms with Crippen molar-refractivity contribution in [3.8, 4) is 0 Å². The number of aryl methyl sites for hydroxylation is 1. The molecule has 6 heteroatoms. The zero-order chi connectivity index (χ0) is 15.7. The minimum Gasteiger partial charge on any atom is -0.324 e. The molecule has 0 spiro atoms. The standard InChI is InChI=1S/C17H20N2O2S.ClH/c1-13-8-10-14(11-9-13)22(20,21)19-12-4-6-16(18)15-5-2-3-7-17(15)19;/h2-3,5,7-11,16H,4,6,12,18H2,1H3;1H/t16-;/m0./s1. The van der Waals surface area contributed by atoms with Crippen LogP contribution in [0.4, 0.5) is 5.69 Å². The van der Waals surface area contributed by atoms with Crippen LogP contribution in [0.1, 0.15) is 30.0 Å². The van der Waals surface area contributed by atoms with Crippen LogP contribution in [0.2, 0.25) is 0 Å². The van der Waals surface area contributed by atoms with Crippen LogP contribution >= 0.6 is 12.4 Å². The Bertz CT molecular complexity index is 775. The number of rotatable bonds is 2. The average Bonchev–Trinajstić information content (AvgIpc) is 2.68. The largest absolute Gasteiger partial charge is 0.324 e. The van der Waals surface area contributed by atoms with Gasteiger partial charge in [0.05, 0.1) is 10.6 Å². The molecule has 1 heterocycles. The molecule has 1 atom stereocenters. The summed E-state index contributed by atoms with van der Waals surface area (Å²) in [6.45, 7) is 2.40. The molecular formula is C17H21ClN2O2S. The fraction of sp³-hybridized carbons (Fsp3) is 0.294. The molecule has 3 rings (SSSR count). The Hall–Kier alpha value is -1.56. The Morgan fingerprint density at radius 2 is 1.74 bits per heavy atom. The highest BCUT2D eigenvalue weighted by Gasteiger charge is 2.29. The van der Waals surface area contributed by atoms with E-state index in [-0.39, 0.29) is 18.4 Å². The van der Waals surface area contributed by atoms with Gasteiger partial charge in [0.25, 0.3) is 10.0 Å². The molecular weight excluding hydrogens is 332 g/mol. The van der Waals surface area contributed by atoms with Crippen molar-refractivity contribution in [2.24, 2.45) is 5.73 Å². The van der Waals surface area contributed by atoms with Crippen molar-refractivity contribution in [1.29, 1.82) is 0 Å². The summed E-state index contributed by atoms with van der Waals surface area (Å²) in [5, 5.41) is 0. The number of anilines is 1. The lowest BCUT2D eigenvalue weighted by molar-refractivity contribution is 0.586. The molecule has 0 bridgehead atoms. The summed E-state index contributed by atoms with van der Waals surface area (Å²) in [6.07, 6.45) is 1.54. The zero-order valence-corrected chi connectivity index (χ0v) is 14.6. The Morgan fingerprint density at radius 3 is 2.43 bits per heavy atom. The number of nitrogens with two attached hydrogens (primary N) is 1. The molecule has 124 valence electrons. The lowest BCUT2D eigenvalue weighted by atomic mass is 10.0. The van der Waals surface area contributed by atoms with Crippen LogP contribution in [0, 0.1) is 6.92 Å². The van der Waals surface area contributed by atoms with Gasteiger partial charge in [0, 0.05) is 12.6 Å². The van der Waals surface area contributed by atoms with E-state index in [0.717, 1.165) is 24.0 Å². The first-order valence-corrected chi connectivity index (χ1v) is 8.88. The van der Waals surface area contributed by atoms with Gasteiger partial charge in [-0.15, -0.1) is 12.4 Å². The third-order valence-corrected chi connectivity index (χ3v) is 5.92. The number of halogens is 1. The summed E-state index contributed by atoms with van der Waals surface area (Å²) in [5.41, 5.74) is 8.83. The van der Waals surface area contributed by atoms with E-state index in [1.54, 1.807) is 12.1 Å². The van der Waals surface area contributed by atoms with E-state index in [0.29, 0.717) is 17.1 Å². The molecule has 0 radical (unpaired) electrons. The van der Waals surface area contributed by atoms with Gasteiger partial charge in [-0.05, 0) is 43.5 Å². The van der Waals surface area contributed by atoms with Gasteiger partial charge in [0.15, 0.2) is 0 Å². The van der Waals surface area contributed by atoms with Crippen LogP contribution in [0.3, 0.4) is 0 Å². The molecule has 0 aliphatic carbocycles. The number of para-hydroxylation sites is 1. The highest BCUT2D eigenvalue weighted by atomic mass is 35.5. The van der Waals surface area contributed by atoms with E-state index in [1.807, 2.05) is 43.3 Å². The molecule has 0 aromatic heterocycles. The Kier molecular flexibility index (Phi) is 5.34. The molecule has 1 aliphatic heterocycles. The maximum absolute atomic E-state index is 13.0. The molecule has 2 N–H and O–H groups in total. The number of nitrogens with zero attached hydrogens (tertiary/aromatic N) is 1. The van der Waals surface area contributed by atoms with Crippen molar-refractivity contribution in [1.82, 2.24) is 0 Å². The van der Waals surface area contributed by atoms with E-state index in [9.17, 15) is 8.42 Å². The fourth-order valence-corrected chi connectivity index (χ4v) is 4.38. The maximum Gasteiger partial charge on any atom is 0.264 e. The first kappa shape index (κ1) is 17.8. The molecule has 0 fully saturated rings. The summed E-state index contributed by atoms with van der Waals surface area (Å²) in [7, 11) is -3.56. The minimum absolute atomic E-state index is 0. The van der Waals surface area contributed by atoms with Crippen molar-refractivity contribution in [2.45, 2.75) is 30.7 Å². The molecule has 23 heavy (non-hydrogen) atoms. The second kappa shape index (κ2) is 6.91. The molecule has 2 aromatic rings. The Balaban J connectivity index is 0.00000192. The number of fused-ring (bicyclic) bond motifs is 1. The summed E-state index contributed by atoms with van der Waals surface area (Å²) >= 11 is 0. The van der Waals surface area contributed by atoms with Gasteiger partial charge in [-0.3, -0.25) is 4.31 Å². The third kappa shape index (κ3) is 3.37. The van der Waals surface area contributed by atoms with Gasteiger partial charge in [-0.25, -0.2) is 8.42 Å². The molecule has 0 unspecified atom stereocenters. The SMILES string of the molecule is Cc1ccc(S(=O)(=O)N2CCC[C@H](N)c3ccccc32)cc1.Cl. The number of sulfonamides is 1. The van der Waals surface area contributed by atoms with E-state index in [4.69, 9.17) is 5.73 Å². The predicted molar refractivity (Wildman–Crippen MR) is 95.6 cm³/mol. The zero-order valence-electron chi connectivity index (χ0n) is 13.0. The van der Waals surface area contributed by atoms with Crippen molar-refractivity contribution >= 4 is 28.1 Å². The summed E-state index contributed by atoms with van der Waals surface area (Å²) in [4.78, 5) is 0.323. The van der Waals surface area contributed by atoms with Gasteiger partial charge in [0.1, 0.15) is 0 Å². The van der Waals surface area contributed by atoms with E-state index in [2.05, 4.69) is 0 Å². The second-order valence-electron chi connectivity index (χ2n) is 5.70. The first-order valence-electron chi connectivity index (χ1n) is 7.44. The van der Waals surface area contributed by atoms with Gasteiger partial charge in [-0.1, -0.05) is 35.9 Å². The highest BCUT2D eigenvalue weighted by molar-refractivity contribution is 7.92. The second-order valence-corrected chi connectivity index (χ2v) is 7.56. The molecule has 0 amide bonds. The van der Waals surface area contributed by atoms with Crippen LogP contribution < -0.4 is 10.0 Å².